The van der Waals surface area contributed by atoms with E-state index in [2.05, 4.69) is 30.4 Å². The normalized spacial score (nSPS) is 15.3. The maximum atomic E-state index is 13.5. The molecule has 5 aromatic rings. The molecule has 42 heavy (non-hydrogen) atoms. The van der Waals surface area contributed by atoms with Crippen molar-refractivity contribution in [2.45, 2.75) is 43.2 Å². The van der Waals surface area contributed by atoms with E-state index in [-0.39, 0.29) is 16.6 Å². The van der Waals surface area contributed by atoms with E-state index in [0.717, 1.165) is 22.5 Å². The van der Waals surface area contributed by atoms with Gasteiger partial charge < -0.3 is 10.2 Å². The van der Waals surface area contributed by atoms with E-state index in [1.54, 1.807) is 10.6 Å². The van der Waals surface area contributed by atoms with E-state index < -0.39 is 21.9 Å². The van der Waals surface area contributed by atoms with E-state index in [9.17, 15) is 13.8 Å². The van der Waals surface area contributed by atoms with Gasteiger partial charge in [0, 0.05) is 42.4 Å². The largest absolute Gasteiger partial charge is 0.369 e. The fourth-order valence-electron chi connectivity index (χ4n) is 5.50. The standard InChI is InChI=1S/C31H33N7O3S/c1-20-10-13-26(21(2)18-20)42(41)29-27-33-28(39)24-12-11-23(19-25(24)38(27)35-34-29)36-14-16-37(17-15-36)31(3,4)30(40)32-22-8-6-5-7-9-22/h5-13,18-19,35H,14-17H2,1-4H3,(H,32,40). The molecule has 2 aromatic heterocycles. The summed E-state index contributed by atoms with van der Waals surface area (Å²) in [6.45, 7) is 10.6. The maximum absolute atomic E-state index is 13.5. The summed E-state index contributed by atoms with van der Waals surface area (Å²) < 4.78 is 15.1. The van der Waals surface area contributed by atoms with E-state index in [1.165, 1.54) is 0 Å². The highest BCUT2D eigenvalue weighted by Gasteiger charge is 2.36. The topological polar surface area (TPSA) is 116 Å². The quantitative estimate of drug-likeness (QED) is 0.312. The second kappa shape index (κ2) is 10.8. The molecular weight excluding hydrogens is 550 g/mol. The minimum atomic E-state index is -1.61. The Hall–Kier alpha value is -4.35. The number of aryl methyl sites for hydroxylation is 2. The summed E-state index contributed by atoms with van der Waals surface area (Å²) >= 11 is 0. The molecule has 0 bridgehead atoms. The molecule has 6 rings (SSSR count). The number of anilines is 2. The Bertz CT molecular complexity index is 1890. The Morgan fingerprint density at radius 3 is 2.43 bits per heavy atom. The minimum Gasteiger partial charge on any atom is -0.369 e. The first kappa shape index (κ1) is 27.8. The molecule has 216 valence electrons. The number of fused-ring (bicyclic) bond motifs is 3. The minimum absolute atomic E-state index is 0.0459. The van der Waals surface area contributed by atoms with Crippen LogP contribution in [-0.4, -0.2) is 66.5 Å². The summed E-state index contributed by atoms with van der Waals surface area (Å²) in [4.78, 5) is 35.5. The monoisotopic (exact) mass is 583 g/mol. The summed E-state index contributed by atoms with van der Waals surface area (Å²) in [6, 6.07) is 20.8. The molecule has 0 aliphatic carbocycles. The lowest BCUT2D eigenvalue weighted by Crippen LogP contribution is -2.59. The van der Waals surface area contributed by atoms with Gasteiger partial charge in [-0.3, -0.25) is 14.5 Å². The van der Waals surface area contributed by atoms with Crippen LogP contribution in [0.1, 0.15) is 25.0 Å². The number of nitrogens with zero attached hydrogens (tertiary/aromatic N) is 5. The number of piperazine rings is 1. The molecule has 1 fully saturated rings. The molecule has 2 N–H and O–H groups in total. The second-order valence-corrected chi connectivity index (χ2v) is 12.5. The lowest BCUT2D eigenvalue weighted by atomic mass is 10.00. The van der Waals surface area contributed by atoms with Gasteiger partial charge in [-0.05, 0) is 69.7 Å². The lowest BCUT2D eigenvalue weighted by molar-refractivity contribution is -0.126. The summed E-state index contributed by atoms with van der Waals surface area (Å²) in [7, 11) is -1.61. The number of carbonyl (C=O) groups is 1. The van der Waals surface area contributed by atoms with Crippen LogP contribution in [0.15, 0.2) is 81.4 Å². The zero-order chi connectivity index (χ0) is 29.6. The van der Waals surface area contributed by atoms with Gasteiger partial charge in [-0.1, -0.05) is 35.9 Å². The third-order valence-electron chi connectivity index (χ3n) is 8.04. The van der Waals surface area contributed by atoms with E-state index in [4.69, 9.17) is 0 Å². The maximum Gasteiger partial charge on any atom is 0.281 e. The van der Waals surface area contributed by atoms with Crippen LogP contribution in [0.4, 0.5) is 11.4 Å². The van der Waals surface area contributed by atoms with E-state index in [1.807, 2.05) is 88.4 Å². The Morgan fingerprint density at radius 2 is 1.71 bits per heavy atom. The van der Waals surface area contributed by atoms with Crippen LogP contribution in [0.5, 0.6) is 0 Å². The summed E-state index contributed by atoms with van der Waals surface area (Å²) in [5.41, 5.74) is 3.47. The highest BCUT2D eigenvalue weighted by molar-refractivity contribution is 7.85. The predicted molar refractivity (Wildman–Crippen MR) is 165 cm³/mol. The van der Waals surface area contributed by atoms with Gasteiger partial charge in [0.15, 0.2) is 10.7 Å². The van der Waals surface area contributed by atoms with Crippen LogP contribution < -0.4 is 15.8 Å². The molecule has 0 saturated carbocycles. The van der Waals surface area contributed by atoms with Crippen molar-refractivity contribution in [1.82, 2.24) is 24.7 Å². The first-order chi connectivity index (χ1) is 20.1. The molecule has 0 radical (unpaired) electrons. The van der Waals surface area contributed by atoms with Gasteiger partial charge in [0.1, 0.15) is 10.8 Å². The first-order valence-corrected chi connectivity index (χ1v) is 15.0. The van der Waals surface area contributed by atoms with Gasteiger partial charge >= 0.3 is 0 Å². The number of carbonyl (C=O) groups excluding carboxylic acids is 1. The third-order valence-corrected chi connectivity index (χ3v) is 9.53. The van der Waals surface area contributed by atoms with Crippen molar-refractivity contribution in [2.24, 2.45) is 0 Å². The van der Waals surface area contributed by atoms with Gasteiger partial charge in [-0.15, -0.1) is 5.10 Å². The number of aromatic nitrogens is 4. The number of aromatic amines is 1. The molecule has 10 nitrogen and oxygen atoms in total. The first-order valence-electron chi connectivity index (χ1n) is 13.9. The van der Waals surface area contributed by atoms with Gasteiger partial charge in [-0.2, -0.15) is 4.98 Å². The van der Waals surface area contributed by atoms with Crippen LogP contribution in [0, 0.1) is 13.8 Å². The van der Waals surface area contributed by atoms with Crippen molar-refractivity contribution < 1.29 is 9.00 Å². The molecule has 1 unspecified atom stereocenters. The van der Waals surface area contributed by atoms with Crippen molar-refractivity contribution in [3.8, 4) is 0 Å². The number of nitrogens with one attached hydrogen (secondary N) is 2. The molecular formula is C31H33N7O3S. The highest BCUT2D eigenvalue weighted by atomic mass is 32.2. The van der Waals surface area contributed by atoms with Crippen molar-refractivity contribution in [3.05, 3.63) is 88.2 Å². The Kier molecular flexibility index (Phi) is 7.15. The van der Waals surface area contributed by atoms with Crippen LogP contribution in [0.3, 0.4) is 0 Å². The number of para-hydroxylation sites is 1. The van der Waals surface area contributed by atoms with Crippen LogP contribution in [0.2, 0.25) is 0 Å². The van der Waals surface area contributed by atoms with Crippen molar-refractivity contribution in [1.29, 1.82) is 0 Å². The Morgan fingerprint density at radius 1 is 0.976 bits per heavy atom. The molecule has 0 spiro atoms. The molecule has 3 heterocycles. The van der Waals surface area contributed by atoms with Gasteiger partial charge in [-0.25, -0.2) is 13.9 Å². The van der Waals surface area contributed by atoms with Crippen LogP contribution >= 0.6 is 0 Å². The fourth-order valence-corrected chi connectivity index (χ4v) is 6.68. The zero-order valence-electron chi connectivity index (χ0n) is 24.0. The number of amides is 1. The number of rotatable bonds is 6. The molecule has 3 aromatic carbocycles. The molecule has 11 heteroatoms. The molecule has 1 atom stereocenters. The van der Waals surface area contributed by atoms with Crippen LogP contribution in [-0.2, 0) is 15.6 Å². The number of H-pyrrole nitrogens is 1. The third kappa shape index (κ3) is 4.99. The zero-order valence-corrected chi connectivity index (χ0v) is 24.9. The van der Waals surface area contributed by atoms with Gasteiger partial charge in [0.2, 0.25) is 5.91 Å². The Labute approximate surface area is 245 Å². The summed E-state index contributed by atoms with van der Waals surface area (Å²) in [5, 5.41) is 11.0. The van der Waals surface area contributed by atoms with Gasteiger partial charge in [0.25, 0.3) is 5.56 Å². The van der Waals surface area contributed by atoms with Crippen molar-refractivity contribution in [2.75, 3.05) is 36.4 Å². The van der Waals surface area contributed by atoms with Crippen molar-refractivity contribution in [3.63, 3.8) is 0 Å². The molecule has 1 amide bonds. The number of hydrogen-bond acceptors (Lipinski definition) is 7. The van der Waals surface area contributed by atoms with Crippen molar-refractivity contribution >= 4 is 44.6 Å². The predicted octanol–water partition coefficient (Wildman–Crippen LogP) is 3.89. The Balaban J connectivity index is 1.25. The number of hydrogen-bond donors (Lipinski definition) is 2. The molecule has 1 aliphatic rings. The SMILES string of the molecule is Cc1ccc(S(=O)c2n[nH]n3c2nc(=O)c2ccc(N4CCN(C(C)(C)C(=O)Nc5ccccc5)CC4)cc23)c(C)c1. The molecule has 1 aliphatic heterocycles. The lowest BCUT2D eigenvalue weighted by Gasteiger charge is -2.43. The van der Waals surface area contributed by atoms with Gasteiger partial charge in [0.05, 0.1) is 16.4 Å². The number of benzene rings is 3. The summed E-state index contributed by atoms with van der Waals surface area (Å²) in [6.07, 6.45) is 0. The molecule has 1 saturated heterocycles. The summed E-state index contributed by atoms with van der Waals surface area (Å²) in [5.74, 6) is -0.0459. The smallest absolute Gasteiger partial charge is 0.281 e. The van der Waals surface area contributed by atoms with E-state index in [0.29, 0.717) is 42.0 Å². The van der Waals surface area contributed by atoms with E-state index >= 15 is 0 Å². The highest BCUT2D eigenvalue weighted by Crippen LogP contribution is 2.27. The van der Waals surface area contributed by atoms with Crippen LogP contribution in [0.25, 0.3) is 16.6 Å². The fraction of sp³-hybridized carbons (Fsp3) is 0.290. The average molecular weight is 584 g/mol. The average Bonchev–Trinajstić information content (AvgIpc) is 3.41. The second-order valence-electron chi connectivity index (χ2n) is 11.2.